The molecular formula is C11H13NO4S. The molecule has 2 aromatic rings. The van der Waals surface area contributed by atoms with E-state index in [9.17, 15) is 15.3 Å². The first kappa shape index (κ1) is 12.4. The number of fused-ring (bicyclic) bond motifs is 1. The number of nitrogens with zero attached hydrogens (tertiary/aromatic N) is 1. The highest BCUT2D eigenvalue weighted by molar-refractivity contribution is 7.18. The van der Waals surface area contributed by atoms with E-state index in [1.165, 1.54) is 11.3 Å². The normalized spacial score (nSPS) is 16.9. The Morgan fingerprint density at radius 2 is 1.88 bits per heavy atom. The largest absolute Gasteiger partial charge is 0.394 e. The fraction of sp³-hybridized carbons (Fsp3) is 0.364. The Kier molecular flexibility index (Phi) is 3.70. The van der Waals surface area contributed by atoms with Gasteiger partial charge in [0.2, 0.25) is 0 Å². The average Bonchev–Trinajstić information content (AvgIpc) is 2.79. The van der Waals surface area contributed by atoms with Gasteiger partial charge in [-0.25, -0.2) is 4.98 Å². The summed E-state index contributed by atoms with van der Waals surface area (Å²) in [6.07, 6.45) is -4.12. The van der Waals surface area contributed by atoms with Crippen LogP contribution in [0.5, 0.6) is 0 Å². The summed E-state index contributed by atoms with van der Waals surface area (Å²) in [5.74, 6) is 0. The number of para-hydroxylation sites is 1. The third kappa shape index (κ3) is 2.46. The minimum atomic E-state index is -1.44. The van der Waals surface area contributed by atoms with Gasteiger partial charge in [-0.15, -0.1) is 11.3 Å². The maximum absolute atomic E-state index is 9.82. The van der Waals surface area contributed by atoms with E-state index < -0.39 is 24.9 Å². The highest BCUT2D eigenvalue weighted by Gasteiger charge is 2.27. The van der Waals surface area contributed by atoms with E-state index in [2.05, 4.69) is 4.98 Å². The zero-order valence-corrected chi connectivity index (χ0v) is 9.71. The number of thiazole rings is 1. The molecule has 2 rings (SSSR count). The smallest absolute Gasteiger partial charge is 0.134 e. The van der Waals surface area contributed by atoms with Gasteiger partial charge < -0.3 is 20.4 Å². The second-order valence-corrected chi connectivity index (χ2v) is 4.77. The van der Waals surface area contributed by atoms with Gasteiger partial charge in [0, 0.05) is 0 Å². The molecular weight excluding hydrogens is 242 g/mol. The Balaban J connectivity index is 2.27. The van der Waals surface area contributed by atoms with Crippen molar-refractivity contribution in [3.63, 3.8) is 0 Å². The summed E-state index contributed by atoms with van der Waals surface area (Å²) >= 11 is 1.25. The van der Waals surface area contributed by atoms with Crippen LogP contribution in [-0.2, 0) is 0 Å². The third-order valence-electron chi connectivity index (χ3n) is 2.47. The lowest BCUT2D eigenvalue weighted by molar-refractivity contribution is -0.0776. The summed E-state index contributed by atoms with van der Waals surface area (Å²) in [6.45, 7) is -0.608. The SMILES string of the molecule is OC[C@@H](O)[C@@H](O)[C@H](O)c1nc2ccccc2s1. The van der Waals surface area contributed by atoms with Crippen molar-refractivity contribution in [1.29, 1.82) is 0 Å². The summed E-state index contributed by atoms with van der Waals surface area (Å²) in [4.78, 5) is 4.17. The highest BCUT2D eigenvalue weighted by Crippen LogP contribution is 2.28. The molecule has 3 atom stereocenters. The van der Waals surface area contributed by atoms with Gasteiger partial charge in [0.1, 0.15) is 23.3 Å². The van der Waals surface area contributed by atoms with Crippen molar-refractivity contribution in [3.05, 3.63) is 29.3 Å². The van der Waals surface area contributed by atoms with Crippen LogP contribution in [0.3, 0.4) is 0 Å². The van der Waals surface area contributed by atoms with Gasteiger partial charge in [0.05, 0.1) is 16.8 Å². The van der Waals surface area contributed by atoms with Gasteiger partial charge in [-0.2, -0.15) is 0 Å². The van der Waals surface area contributed by atoms with E-state index in [1.807, 2.05) is 18.2 Å². The minimum absolute atomic E-state index is 0.325. The van der Waals surface area contributed by atoms with Crippen LogP contribution in [0.2, 0.25) is 0 Å². The fourth-order valence-electron chi connectivity index (χ4n) is 1.48. The first-order valence-corrected chi connectivity index (χ1v) is 5.95. The molecule has 0 fully saturated rings. The molecule has 0 bridgehead atoms. The Hall–Kier alpha value is -1.05. The van der Waals surface area contributed by atoms with Crippen molar-refractivity contribution in [2.24, 2.45) is 0 Å². The topological polar surface area (TPSA) is 93.8 Å². The van der Waals surface area contributed by atoms with Crippen LogP contribution in [0, 0.1) is 0 Å². The van der Waals surface area contributed by atoms with Crippen LogP contribution >= 0.6 is 11.3 Å². The molecule has 1 heterocycles. The maximum atomic E-state index is 9.82. The molecule has 0 saturated heterocycles. The molecule has 5 nitrogen and oxygen atoms in total. The molecule has 0 saturated carbocycles. The minimum Gasteiger partial charge on any atom is -0.394 e. The molecule has 6 heteroatoms. The summed E-state index contributed by atoms with van der Waals surface area (Å²) < 4.78 is 0.896. The van der Waals surface area contributed by atoms with E-state index >= 15 is 0 Å². The predicted octanol–water partition coefficient (Wildman–Crippen LogP) is 0.0438. The first-order valence-electron chi connectivity index (χ1n) is 5.14. The molecule has 92 valence electrons. The van der Waals surface area contributed by atoms with Gasteiger partial charge in [-0.3, -0.25) is 0 Å². The van der Waals surface area contributed by atoms with Crippen molar-refractivity contribution in [2.45, 2.75) is 18.3 Å². The van der Waals surface area contributed by atoms with Crippen molar-refractivity contribution >= 4 is 21.6 Å². The second kappa shape index (κ2) is 5.07. The average molecular weight is 255 g/mol. The fourth-order valence-corrected chi connectivity index (χ4v) is 2.48. The predicted molar refractivity (Wildman–Crippen MR) is 63.7 cm³/mol. The van der Waals surface area contributed by atoms with E-state index in [0.29, 0.717) is 5.01 Å². The summed E-state index contributed by atoms with van der Waals surface area (Å²) in [5, 5.41) is 37.7. The monoisotopic (exact) mass is 255 g/mol. The van der Waals surface area contributed by atoms with Crippen LogP contribution in [0.25, 0.3) is 10.2 Å². The van der Waals surface area contributed by atoms with Gasteiger partial charge in [-0.1, -0.05) is 12.1 Å². The molecule has 0 aliphatic heterocycles. The zero-order chi connectivity index (χ0) is 12.4. The summed E-state index contributed by atoms with van der Waals surface area (Å²) in [7, 11) is 0. The first-order chi connectivity index (χ1) is 8.13. The number of hydrogen-bond acceptors (Lipinski definition) is 6. The molecule has 17 heavy (non-hydrogen) atoms. The van der Waals surface area contributed by atoms with Crippen molar-refractivity contribution in [3.8, 4) is 0 Å². The number of rotatable bonds is 4. The Bertz CT molecular complexity index is 468. The van der Waals surface area contributed by atoms with Crippen molar-refractivity contribution in [1.82, 2.24) is 4.98 Å². The zero-order valence-electron chi connectivity index (χ0n) is 8.89. The van der Waals surface area contributed by atoms with Gasteiger partial charge in [0.15, 0.2) is 0 Å². The lowest BCUT2D eigenvalue weighted by atomic mass is 10.1. The van der Waals surface area contributed by atoms with Crippen LogP contribution in [0.15, 0.2) is 24.3 Å². The highest BCUT2D eigenvalue weighted by atomic mass is 32.1. The van der Waals surface area contributed by atoms with Crippen molar-refractivity contribution < 1.29 is 20.4 Å². The van der Waals surface area contributed by atoms with E-state index in [-0.39, 0.29) is 0 Å². The number of hydrogen-bond donors (Lipinski definition) is 4. The molecule has 1 aromatic carbocycles. The van der Waals surface area contributed by atoms with E-state index in [1.54, 1.807) is 6.07 Å². The molecule has 1 aromatic heterocycles. The quantitative estimate of drug-likeness (QED) is 0.619. The van der Waals surface area contributed by atoms with Gasteiger partial charge in [0.25, 0.3) is 0 Å². The number of aromatic nitrogens is 1. The van der Waals surface area contributed by atoms with Crippen LogP contribution < -0.4 is 0 Å². The molecule has 0 spiro atoms. The van der Waals surface area contributed by atoms with Gasteiger partial charge in [-0.05, 0) is 12.1 Å². The maximum Gasteiger partial charge on any atom is 0.134 e. The van der Waals surface area contributed by atoms with Crippen molar-refractivity contribution in [2.75, 3.05) is 6.61 Å². The molecule has 0 aliphatic rings. The van der Waals surface area contributed by atoms with Crippen LogP contribution in [-0.4, -0.2) is 44.2 Å². The Morgan fingerprint density at radius 1 is 1.18 bits per heavy atom. The van der Waals surface area contributed by atoms with Gasteiger partial charge >= 0.3 is 0 Å². The molecule has 4 N–H and O–H groups in total. The van der Waals surface area contributed by atoms with E-state index in [4.69, 9.17) is 5.11 Å². The standard InChI is InChI=1S/C11H13NO4S/c13-5-7(14)9(15)10(16)11-12-6-3-1-2-4-8(6)17-11/h1-4,7,9-10,13-16H,5H2/t7-,9-,10+/m1/s1. The molecule has 0 aliphatic carbocycles. The van der Waals surface area contributed by atoms with E-state index in [0.717, 1.165) is 10.2 Å². The lowest BCUT2D eigenvalue weighted by Gasteiger charge is -2.19. The van der Waals surface area contributed by atoms with Crippen LogP contribution in [0.1, 0.15) is 11.1 Å². The molecule has 0 unspecified atom stereocenters. The Morgan fingerprint density at radius 3 is 2.53 bits per heavy atom. The number of benzene rings is 1. The van der Waals surface area contributed by atoms with Crippen LogP contribution in [0.4, 0.5) is 0 Å². The summed E-state index contributed by atoms with van der Waals surface area (Å²) in [5.41, 5.74) is 0.734. The number of aliphatic hydroxyl groups is 4. The third-order valence-corrected chi connectivity index (χ3v) is 3.58. The lowest BCUT2D eigenvalue weighted by Crippen LogP contribution is -2.34. The Labute approximate surface area is 102 Å². The summed E-state index contributed by atoms with van der Waals surface area (Å²) in [6, 6.07) is 7.35. The number of aliphatic hydroxyl groups excluding tert-OH is 4. The second-order valence-electron chi connectivity index (χ2n) is 3.71. The molecule has 0 radical (unpaired) electrons. The molecule has 0 amide bonds.